The Hall–Kier alpha value is -0.790. The van der Waals surface area contributed by atoms with E-state index >= 15 is 0 Å². The highest BCUT2D eigenvalue weighted by Gasteiger charge is 2.37. The van der Waals surface area contributed by atoms with Gasteiger partial charge in [-0.15, -0.1) is 0 Å². The predicted octanol–water partition coefficient (Wildman–Crippen LogP) is 4.17. The molecule has 0 aromatic heterocycles. The fraction of sp³-hybridized carbons (Fsp3) is 0.417. The van der Waals surface area contributed by atoms with Gasteiger partial charge in [0.2, 0.25) is 0 Å². The lowest BCUT2D eigenvalue weighted by atomic mass is 10.2. The maximum atomic E-state index is 12.7. The van der Waals surface area contributed by atoms with Crippen LogP contribution in [0.3, 0.4) is 0 Å². The number of rotatable bonds is 7. The Morgan fingerprint density at radius 2 is 1.83 bits per heavy atom. The van der Waals surface area contributed by atoms with Crippen molar-refractivity contribution >= 4 is 19.4 Å². The van der Waals surface area contributed by atoms with E-state index in [9.17, 15) is 4.57 Å². The first-order chi connectivity index (χ1) is 8.68. The van der Waals surface area contributed by atoms with E-state index in [1.54, 1.807) is 13.8 Å². The third-order valence-corrected chi connectivity index (χ3v) is 5.95. The minimum Gasteiger partial charge on any atom is -0.308 e. The summed E-state index contributed by atoms with van der Waals surface area (Å²) < 4.78 is 23.3. The van der Waals surface area contributed by atoms with E-state index in [0.717, 1.165) is 17.3 Å². The molecule has 18 heavy (non-hydrogen) atoms. The fourth-order valence-corrected chi connectivity index (χ4v) is 4.53. The van der Waals surface area contributed by atoms with Crippen LogP contribution in [0.15, 0.2) is 30.3 Å². The molecule has 0 aliphatic heterocycles. The number of thioether (sulfide) groups is 1. The van der Waals surface area contributed by atoms with Gasteiger partial charge in [-0.3, -0.25) is 4.57 Å². The smallest absolute Gasteiger partial charge is 0.308 e. The van der Waals surface area contributed by atoms with Crippen LogP contribution < -0.4 is 0 Å². The van der Waals surface area contributed by atoms with Gasteiger partial charge in [0.1, 0.15) is 10.4 Å². The Morgan fingerprint density at radius 3 is 2.28 bits per heavy atom. The van der Waals surface area contributed by atoms with Gasteiger partial charge in [-0.05, 0) is 31.2 Å². The predicted molar refractivity (Wildman–Crippen MR) is 73.2 cm³/mol. The van der Waals surface area contributed by atoms with E-state index in [1.165, 1.54) is 0 Å². The molecule has 0 saturated heterocycles. The second-order valence-electron chi connectivity index (χ2n) is 3.35. The lowest BCUT2D eigenvalue weighted by molar-refractivity contribution is 0.218. The van der Waals surface area contributed by atoms with Crippen LogP contribution in [0.1, 0.15) is 24.4 Å². The molecule has 1 aromatic rings. The molecular formula is C12H16NO3PS. The van der Waals surface area contributed by atoms with Gasteiger partial charge in [0.05, 0.1) is 13.2 Å². The molecular weight excluding hydrogens is 269 g/mol. The molecule has 0 fully saturated rings. The summed E-state index contributed by atoms with van der Waals surface area (Å²) in [5.74, 6) is 0. The van der Waals surface area contributed by atoms with Crippen molar-refractivity contribution in [2.24, 2.45) is 0 Å². The van der Waals surface area contributed by atoms with Gasteiger partial charge in [-0.25, -0.2) is 0 Å². The molecule has 4 nitrogen and oxygen atoms in total. The molecule has 1 atom stereocenters. The Bertz CT molecular complexity index is 436. The minimum atomic E-state index is -3.33. The maximum absolute atomic E-state index is 12.7. The number of nitriles is 1. The van der Waals surface area contributed by atoms with Crippen molar-refractivity contribution in [1.82, 2.24) is 0 Å². The summed E-state index contributed by atoms with van der Waals surface area (Å²) in [5.41, 5.74) is 0.772. The van der Waals surface area contributed by atoms with E-state index < -0.39 is 12.6 Å². The second kappa shape index (κ2) is 7.60. The zero-order valence-electron chi connectivity index (χ0n) is 10.4. The summed E-state index contributed by atoms with van der Waals surface area (Å²) in [6, 6.07) is 9.17. The van der Waals surface area contributed by atoms with E-state index in [4.69, 9.17) is 14.3 Å². The van der Waals surface area contributed by atoms with Crippen molar-refractivity contribution in [2.75, 3.05) is 13.2 Å². The van der Waals surface area contributed by atoms with Crippen LogP contribution in [0.4, 0.5) is 0 Å². The van der Waals surface area contributed by atoms with Crippen LogP contribution in [0, 0.1) is 10.7 Å². The van der Waals surface area contributed by atoms with Crippen LogP contribution in [-0.4, -0.2) is 13.2 Å². The van der Waals surface area contributed by atoms with E-state index in [0.29, 0.717) is 0 Å². The number of hydrogen-bond acceptors (Lipinski definition) is 5. The average molecular weight is 285 g/mol. The van der Waals surface area contributed by atoms with Gasteiger partial charge < -0.3 is 9.05 Å². The largest absolute Gasteiger partial charge is 0.349 e. The van der Waals surface area contributed by atoms with Crippen molar-refractivity contribution in [3.05, 3.63) is 35.9 Å². The molecule has 0 saturated carbocycles. The second-order valence-corrected chi connectivity index (χ2v) is 6.70. The number of thiocyanates is 1. The summed E-state index contributed by atoms with van der Waals surface area (Å²) in [6.07, 6.45) is 0. The zero-order chi connectivity index (χ0) is 13.4. The van der Waals surface area contributed by atoms with E-state index in [-0.39, 0.29) is 13.2 Å². The topological polar surface area (TPSA) is 59.3 Å². The fourth-order valence-electron chi connectivity index (χ4n) is 1.52. The van der Waals surface area contributed by atoms with Crippen LogP contribution in [-0.2, 0) is 13.6 Å². The van der Waals surface area contributed by atoms with Crippen LogP contribution in [0.2, 0.25) is 0 Å². The van der Waals surface area contributed by atoms with Gasteiger partial charge >= 0.3 is 7.60 Å². The lowest BCUT2D eigenvalue weighted by Crippen LogP contribution is -2.03. The molecule has 0 bridgehead atoms. The van der Waals surface area contributed by atoms with E-state index in [2.05, 4.69) is 0 Å². The van der Waals surface area contributed by atoms with Gasteiger partial charge in [-0.2, -0.15) is 5.26 Å². The normalized spacial score (nSPS) is 12.9. The molecule has 0 heterocycles. The van der Waals surface area contributed by atoms with Crippen LogP contribution in [0.25, 0.3) is 0 Å². The van der Waals surface area contributed by atoms with Crippen molar-refractivity contribution in [3.63, 3.8) is 0 Å². The monoisotopic (exact) mass is 285 g/mol. The first-order valence-electron chi connectivity index (χ1n) is 5.66. The summed E-state index contributed by atoms with van der Waals surface area (Å²) in [5, 5.41) is 10.9. The summed E-state index contributed by atoms with van der Waals surface area (Å²) in [4.78, 5) is -0.608. The van der Waals surface area contributed by atoms with Crippen molar-refractivity contribution in [3.8, 4) is 5.40 Å². The summed E-state index contributed by atoms with van der Waals surface area (Å²) in [6.45, 7) is 4.08. The Balaban J connectivity index is 3.09. The molecule has 1 unspecified atom stereocenters. The first kappa shape index (κ1) is 15.3. The van der Waals surface area contributed by atoms with Crippen LogP contribution >= 0.6 is 19.4 Å². The van der Waals surface area contributed by atoms with Gasteiger partial charge in [0, 0.05) is 0 Å². The Morgan fingerprint density at radius 1 is 1.28 bits per heavy atom. The number of hydrogen-bond donors (Lipinski definition) is 0. The molecule has 0 aliphatic carbocycles. The average Bonchev–Trinajstić information content (AvgIpc) is 2.37. The van der Waals surface area contributed by atoms with Crippen LogP contribution in [0.5, 0.6) is 0 Å². The van der Waals surface area contributed by atoms with Crippen molar-refractivity contribution in [1.29, 1.82) is 5.26 Å². The highest BCUT2D eigenvalue weighted by atomic mass is 32.2. The maximum Gasteiger partial charge on any atom is 0.349 e. The molecule has 1 rings (SSSR count). The molecule has 6 heteroatoms. The molecule has 0 radical (unpaired) electrons. The van der Waals surface area contributed by atoms with Gasteiger partial charge in [0.25, 0.3) is 0 Å². The highest BCUT2D eigenvalue weighted by Crippen LogP contribution is 2.65. The quantitative estimate of drug-likeness (QED) is 0.556. The van der Waals surface area contributed by atoms with Gasteiger partial charge in [0.15, 0.2) is 0 Å². The zero-order valence-corrected chi connectivity index (χ0v) is 12.1. The molecule has 0 spiro atoms. The molecule has 1 aromatic carbocycles. The Labute approximate surface area is 112 Å². The number of nitrogens with zero attached hydrogens (tertiary/aromatic N) is 1. The SMILES string of the molecule is CCOP(=O)(OCC)C(SC#N)c1ccccc1. The van der Waals surface area contributed by atoms with Crippen molar-refractivity contribution < 1.29 is 13.6 Å². The summed E-state index contributed by atoms with van der Waals surface area (Å²) in [7, 11) is -3.33. The minimum absolute atomic E-state index is 0.284. The molecule has 0 aliphatic rings. The molecule has 98 valence electrons. The van der Waals surface area contributed by atoms with E-state index in [1.807, 2.05) is 35.7 Å². The lowest BCUT2D eigenvalue weighted by Gasteiger charge is -2.24. The van der Waals surface area contributed by atoms with Crippen molar-refractivity contribution in [2.45, 2.75) is 18.8 Å². The number of benzene rings is 1. The Kier molecular flexibility index (Phi) is 6.45. The standard InChI is InChI=1S/C12H16NO3PS/c1-3-15-17(14,16-4-2)12(18-10-13)11-8-6-5-7-9-11/h5-9,12H,3-4H2,1-2H3. The van der Waals surface area contributed by atoms with Gasteiger partial charge in [-0.1, -0.05) is 30.3 Å². The molecule has 0 N–H and O–H groups in total. The highest BCUT2D eigenvalue weighted by molar-refractivity contribution is 8.08. The summed E-state index contributed by atoms with van der Waals surface area (Å²) >= 11 is 0.909. The molecule has 0 amide bonds. The third kappa shape index (κ3) is 3.86. The third-order valence-electron chi connectivity index (χ3n) is 2.15. The first-order valence-corrected chi connectivity index (χ1v) is 8.15.